The quantitative estimate of drug-likeness (QED) is 0.833. The molecular weight excluding hydrogens is 320 g/mol. The van der Waals surface area contributed by atoms with E-state index in [9.17, 15) is 13.5 Å². The van der Waals surface area contributed by atoms with Gasteiger partial charge in [0.15, 0.2) is 5.76 Å². The zero-order valence-electron chi connectivity index (χ0n) is 13.2. The number of nitrogens with one attached hydrogen (secondary N) is 1. The SMILES string of the molecule is Cc1noc(C)c1S(=O)(=O)NC(c1cnn(C)c1)C1CC(O)C1. The highest BCUT2D eigenvalue weighted by atomic mass is 32.2. The molecule has 1 aliphatic rings. The van der Waals surface area contributed by atoms with Crippen LogP contribution >= 0.6 is 0 Å². The summed E-state index contributed by atoms with van der Waals surface area (Å²) in [7, 11) is -2.00. The summed E-state index contributed by atoms with van der Waals surface area (Å²) in [5.41, 5.74) is 1.10. The molecule has 1 fully saturated rings. The molecule has 0 aromatic carbocycles. The lowest BCUT2D eigenvalue weighted by molar-refractivity contribution is 0.0280. The normalized spacial score (nSPS) is 22.8. The predicted octanol–water partition coefficient (Wildman–Crippen LogP) is 0.815. The predicted molar refractivity (Wildman–Crippen MR) is 81.0 cm³/mol. The van der Waals surface area contributed by atoms with Gasteiger partial charge in [0.2, 0.25) is 10.0 Å². The molecule has 9 heteroatoms. The highest BCUT2D eigenvalue weighted by molar-refractivity contribution is 7.89. The van der Waals surface area contributed by atoms with E-state index in [0.29, 0.717) is 18.5 Å². The molecule has 0 spiro atoms. The average Bonchev–Trinajstić information content (AvgIpc) is 2.99. The highest BCUT2D eigenvalue weighted by Gasteiger charge is 2.38. The lowest BCUT2D eigenvalue weighted by atomic mass is 9.76. The summed E-state index contributed by atoms with van der Waals surface area (Å²) in [5, 5.41) is 17.4. The van der Waals surface area contributed by atoms with Crippen LogP contribution in [0.3, 0.4) is 0 Å². The van der Waals surface area contributed by atoms with Gasteiger partial charge in [-0.3, -0.25) is 4.68 Å². The van der Waals surface area contributed by atoms with Gasteiger partial charge in [-0.2, -0.15) is 5.10 Å². The van der Waals surface area contributed by atoms with Crippen molar-refractivity contribution < 1.29 is 18.0 Å². The average molecular weight is 340 g/mol. The fourth-order valence-corrected chi connectivity index (χ4v) is 4.65. The third kappa shape index (κ3) is 3.04. The van der Waals surface area contributed by atoms with Crippen LogP contribution in [0.2, 0.25) is 0 Å². The topological polar surface area (TPSA) is 110 Å². The van der Waals surface area contributed by atoms with Crippen molar-refractivity contribution in [2.75, 3.05) is 0 Å². The van der Waals surface area contributed by atoms with Crippen molar-refractivity contribution in [2.45, 2.75) is 43.7 Å². The summed E-state index contributed by atoms with van der Waals surface area (Å²) in [6, 6.07) is -0.439. The van der Waals surface area contributed by atoms with E-state index in [4.69, 9.17) is 4.52 Å². The van der Waals surface area contributed by atoms with E-state index in [1.807, 2.05) is 0 Å². The van der Waals surface area contributed by atoms with Gasteiger partial charge >= 0.3 is 0 Å². The third-order valence-electron chi connectivity index (χ3n) is 4.22. The minimum absolute atomic E-state index is 0.0319. The van der Waals surface area contributed by atoms with Gasteiger partial charge in [-0.25, -0.2) is 13.1 Å². The van der Waals surface area contributed by atoms with Gasteiger partial charge in [0.05, 0.1) is 18.3 Å². The Morgan fingerprint density at radius 2 is 2.13 bits per heavy atom. The number of hydrogen-bond donors (Lipinski definition) is 2. The molecular formula is C14H20N4O4S. The van der Waals surface area contributed by atoms with Gasteiger partial charge in [0, 0.05) is 18.8 Å². The van der Waals surface area contributed by atoms with Gasteiger partial charge < -0.3 is 9.63 Å². The first kappa shape index (κ1) is 16.2. The maximum Gasteiger partial charge on any atom is 0.246 e. The fourth-order valence-electron chi connectivity index (χ4n) is 3.02. The van der Waals surface area contributed by atoms with Gasteiger partial charge in [-0.15, -0.1) is 0 Å². The zero-order valence-corrected chi connectivity index (χ0v) is 14.0. The lowest BCUT2D eigenvalue weighted by Crippen LogP contribution is -2.41. The Kier molecular flexibility index (Phi) is 4.03. The van der Waals surface area contributed by atoms with Gasteiger partial charge in [-0.1, -0.05) is 5.16 Å². The van der Waals surface area contributed by atoms with Crippen molar-refractivity contribution in [1.29, 1.82) is 0 Å². The van der Waals surface area contributed by atoms with E-state index in [0.717, 1.165) is 5.56 Å². The molecule has 1 atom stereocenters. The minimum Gasteiger partial charge on any atom is -0.393 e. The third-order valence-corrected chi connectivity index (χ3v) is 5.91. The van der Waals surface area contributed by atoms with Crippen LogP contribution in [0.5, 0.6) is 0 Å². The Balaban J connectivity index is 1.92. The summed E-state index contributed by atoms with van der Waals surface area (Å²) in [6.07, 6.45) is 4.17. The minimum atomic E-state index is -3.78. The molecule has 2 aromatic heterocycles. The molecule has 0 radical (unpaired) electrons. The van der Waals surface area contributed by atoms with Crippen LogP contribution in [0.1, 0.15) is 35.9 Å². The molecule has 0 saturated heterocycles. The van der Waals surface area contributed by atoms with Gasteiger partial charge in [-0.05, 0) is 32.6 Å². The maximum atomic E-state index is 12.8. The molecule has 0 aliphatic heterocycles. The van der Waals surface area contributed by atoms with Crippen LogP contribution in [0, 0.1) is 19.8 Å². The molecule has 23 heavy (non-hydrogen) atoms. The number of hydrogen-bond acceptors (Lipinski definition) is 6. The molecule has 126 valence electrons. The van der Waals surface area contributed by atoms with E-state index >= 15 is 0 Å². The van der Waals surface area contributed by atoms with Crippen LogP contribution in [0.25, 0.3) is 0 Å². The number of nitrogens with zero attached hydrogens (tertiary/aromatic N) is 3. The van der Waals surface area contributed by atoms with E-state index in [1.165, 1.54) is 0 Å². The molecule has 2 heterocycles. The van der Waals surface area contributed by atoms with Crippen LogP contribution in [-0.4, -0.2) is 34.6 Å². The molecule has 0 bridgehead atoms. The van der Waals surface area contributed by atoms with Crippen molar-refractivity contribution in [1.82, 2.24) is 19.7 Å². The number of aliphatic hydroxyl groups excluding tert-OH is 1. The van der Waals surface area contributed by atoms with Crippen LogP contribution in [0.15, 0.2) is 21.8 Å². The summed E-state index contributed by atoms with van der Waals surface area (Å²) in [4.78, 5) is 0.0752. The lowest BCUT2D eigenvalue weighted by Gasteiger charge is -2.37. The summed E-state index contributed by atoms with van der Waals surface area (Å²) >= 11 is 0. The number of aromatic nitrogens is 3. The molecule has 1 aliphatic carbocycles. The van der Waals surface area contributed by atoms with Gasteiger partial charge in [0.1, 0.15) is 10.6 Å². The van der Waals surface area contributed by atoms with E-state index < -0.39 is 16.1 Å². The molecule has 2 N–H and O–H groups in total. The standard InChI is InChI=1S/C14H20N4O4S/c1-8-14(9(2)22-16-8)23(20,21)17-13(10-4-12(19)5-10)11-6-15-18(3)7-11/h6-7,10,12-13,17,19H,4-5H2,1-3H3. The summed E-state index contributed by atoms with van der Waals surface area (Å²) in [6.45, 7) is 3.16. The first-order valence-corrected chi connectivity index (χ1v) is 8.88. The van der Waals surface area contributed by atoms with E-state index in [2.05, 4.69) is 15.0 Å². The van der Waals surface area contributed by atoms with Gasteiger partial charge in [0.25, 0.3) is 0 Å². The number of sulfonamides is 1. The molecule has 1 saturated carbocycles. The monoisotopic (exact) mass is 340 g/mol. The maximum absolute atomic E-state index is 12.8. The second kappa shape index (κ2) is 5.73. The fraction of sp³-hybridized carbons (Fsp3) is 0.571. The van der Waals surface area contributed by atoms with Crippen molar-refractivity contribution in [3.63, 3.8) is 0 Å². The smallest absolute Gasteiger partial charge is 0.246 e. The van der Waals surface area contributed by atoms with Crippen molar-refractivity contribution in [3.05, 3.63) is 29.4 Å². The number of rotatable bonds is 5. The Labute approximate surface area is 134 Å². The second-order valence-corrected chi connectivity index (χ2v) is 7.74. The Morgan fingerprint density at radius 1 is 1.43 bits per heavy atom. The molecule has 8 nitrogen and oxygen atoms in total. The first-order valence-electron chi connectivity index (χ1n) is 7.39. The summed E-state index contributed by atoms with van der Waals surface area (Å²) in [5.74, 6) is 0.290. The van der Waals surface area contributed by atoms with Crippen molar-refractivity contribution in [3.8, 4) is 0 Å². The summed E-state index contributed by atoms with van der Waals surface area (Å²) < 4.78 is 34.8. The Bertz CT molecular complexity index is 785. The zero-order chi connectivity index (χ0) is 16.8. The molecule has 3 rings (SSSR count). The Morgan fingerprint density at radius 3 is 2.61 bits per heavy atom. The van der Waals surface area contributed by atoms with Crippen LogP contribution < -0.4 is 4.72 Å². The molecule has 2 aromatic rings. The van der Waals surface area contributed by atoms with Crippen LogP contribution in [-0.2, 0) is 17.1 Å². The van der Waals surface area contributed by atoms with E-state index in [1.54, 1.807) is 38.0 Å². The largest absolute Gasteiger partial charge is 0.393 e. The molecule has 0 amide bonds. The Hall–Kier alpha value is -1.71. The number of aliphatic hydroxyl groups is 1. The second-order valence-electron chi connectivity index (χ2n) is 6.08. The van der Waals surface area contributed by atoms with Crippen molar-refractivity contribution >= 4 is 10.0 Å². The van der Waals surface area contributed by atoms with Crippen LogP contribution in [0.4, 0.5) is 0 Å². The number of aryl methyl sites for hydroxylation is 3. The van der Waals surface area contributed by atoms with E-state index in [-0.39, 0.29) is 22.7 Å². The highest BCUT2D eigenvalue weighted by Crippen LogP contribution is 2.39. The van der Waals surface area contributed by atoms with Crippen molar-refractivity contribution in [2.24, 2.45) is 13.0 Å². The first-order chi connectivity index (χ1) is 10.8. The molecule has 1 unspecified atom stereocenters.